The van der Waals surface area contributed by atoms with E-state index < -0.39 is 0 Å². The highest BCUT2D eigenvalue weighted by molar-refractivity contribution is 5.92. The van der Waals surface area contributed by atoms with Gasteiger partial charge in [0.2, 0.25) is 5.91 Å². The van der Waals surface area contributed by atoms with Crippen molar-refractivity contribution in [2.45, 2.75) is 39.2 Å². The first kappa shape index (κ1) is 17.7. The lowest BCUT2D eigenvalue weighted by Crippen LogP contribution is -2.24. The van der Waals surface area contributed by atoms with Gasteiger partial charge in [0.25, 0.3) is 0 Å². The second-order valence-electron chi connectivity index (χ2n) is 5.15. The molecule has 0 fully saturated rings. The van der Waals surface area contributed by atoms with Crippen LogP contribution < -0.4 is 15.8 Å². The molecule has 0 radical (unpaired) electrons. The highest BCUT2D eigenvalue weighted by atomic mass is 35.5. The molecule has 0 spiro atoms. The largest absolute Gasteiger partial charge is 0.486 e. The van der Waals surface area contributed by atoms with Crippen molar-refractivity contribution in [3.63, 3.8) is 0 Å². The summed E-state index contributed by atoms with van der Waals surface area (Å²) in [6, 6.07) is 7.44. The molecule has 0 atom stereocenters. The van der Waals surface area contributed by atoms with Crippen LogP contribution in [0.3, 0.4) is 0 Å². The fraction of sp³-hybridized carbons (Fsp3) is 0.500. The predicted molar refractivity (Wildman–Crippen MR) is 81.0 cm³/mol. The van der Waals surface area contributed by atoms with E-state index >= 15 is 0 Å². The minimum atomic E-state index is -0.294. The van der Waals surface area contributed by atoms with Crippen LogP contribution >= 0.6 is 12.4 Å². The molecule has 0 unspecified atom stereocenters. The number of nitrogens with one attached hydrogen (secondary N) is 1. The molecule has 4 nitrogen and oxygen atoms in total. The molecule has 0 aliphatic rings. The summed E-state index contributed by atoms with van der Waals surface area (Å²) in [5.41, 5.74) is 5.79. The Morgan fingerprint density at radius 1 is 1.32 bits per heavy atom. The third-order valence-corrected chi connectivity index (χ3v) is 2.19. The predicted octanol–water partition coefficient (Wildman–Crippen LogP) is 2.96. The zero-order valence-corrected chi connectivity index (χ0v) is 12.5. The van der Waals surface area contributed by atoms with Crippen LogP contribution in [0.25, 0.3) is 0 Å². The number of amides is 1. The van der Waals surface area contributed by atoms with Crippen molar-refractivity contribution in [1.29, 1.82) is 0 Å². The van der Waals surface area contributed by atoms with Crippen LogP contribution in [0.2, 0.25) is 0 Å². The molecule has 0 aliphatic carbocycles. The summed E-state index contributed by atoms with van der Waals surface area (Å²) < 4.78 is 5.80. The summed E-state index contributed by atoms with van der Waals surface area (Å²) in [5.74, 6) is 0.650. The van der Waals surface area contributed by atoms with Gasteiger partial charge in [-0.2, -0.15) is 0 Å². The first-order valence-electron chi connectivity index (χ1n) is 6.20. The summed E-state index contributed by atoms with van der Waals surface area (Å²) in [4.78, 5) is 11.7. The van der Waals surface area contributed by atoms with Gasteiger partial charge >= 0.3 is 0 Å². The van der Waals surface area contributed by atoms with Gasteiger partial charge in [-0.1, -0.05) is 12.1 Å². The van der Waals surface area contributed by atoms with E-state index in [4.69, 9.17) is 10.5 Å². The highest BCUT2D eigenvalue weighted by Crippen LogP contribution is 2.27. The van der Waals surface area contributed by atoms with Crippen molar-refractivity contribution in [3.8, 4) is 5.75 Å². The molecule has 0 aromatic heterocycles. The summed E-state index contributed by atoms with van der Waals surface area (Å²) in [5, 5.41) is 2.85. The zero-order chi connectivity index (χ0) is 13.6. The van der Waals surface area contributed by atoms with Gasteiger partial charge in [-0.05, 0) is 45.9 Å². The third kappa shape index (κ3) is 7.03. The van der Waals surface area contributed by atoms with Gasteiger partial charge in [-0.3, -0.25) is 4.79 Å². The van der Waals surface area contributed by atoms with Gasteiger partial charge in [0, 0.05) is 6.42 Å². The van der Waals surface area contributed by atoms with Gasteiger partial charge in [-0.15, -0.1) is 12.4 Å². The van der Waals surface area contributed by atoms with Crippen molar-refractivity contribution in [3.05, 3.63) is 24.3 Å². The number of carbonyl (C=O) groups excluding carboxylic acids is 1. The van der Waals surface area contributed by atoms with Crippen LogP contribution in [-0.4, -0.2) is 18.1 Å². The molecule has 5 heteroatoms. The average molecular weight is 287 g/mol. The third-order valence-electron chi connectivity index (χ3n) is 2.19. The van der Waals surface area contributed by atoms with Crippen molar-refractivity contribution in [2.24, 2.45) is 5.73 Å². The number of nitrogens with two attached hydrogens (primary N) is 1. The van der Waals surface area contributed by atoms with Crippen molar-refractivity contribution < 1.29 is 9.53 Å². The number of ether oxygens (including phenoxy) is 1. The monoisotopic (exact) mass is 286 g/mol. The van der Waals surface area contributed by atoms with Crippen LogP contribution in [-0.2, 0) is 4.79 Å². The number of hydrogen-bond acceptors (Lipinski definition) is 3. The molecule has 1 amide bonds. The maximum absolute atomic E-state index is 11.7. The van der Waals surface area contributed by atoms with E-state index in [1.165, 1.54) is 0 Å². The van der Waals surface area contributed by atoms with Gasteiger partial charge in [0.05, 0.1) is 5.69 Å². The number of para-hydroxylation sites is 2. The minimum absolute atomic E-state index is 0. The van der Waals surface area contributed by atoms with Crippen molar-refractivity contribution in [2.75, 3.05) is 11.9 Å². The van der Waals surface area contributed by atoms with Crippen LogP contribution in [0.5, 0.6) is 5.75 Å². The maximum Gasteiger partial charge on any atom is 0.224 e. The van der Waals surface area contributed by atoms with Gasteiger partial charge in [0.1, 0.15) is 11.4 Å². The van der Waals surface area contributed by atoms with Crippen LogP contribution in [0, 0.1) is 0 Å². The van der Waals surface area contributed by atoms with E-state index in [0.29, 0.717) is 30.8 Å². The quantitative estimate of drug-likeness (QED) is 0.875. The second-order valence-corrected chi connectivity index (χ2v) is 5.15. The summed E-state index contributed by atoms with van der Waals surface area (Å²) >= 11 is 0. The first-order chi connectivity index (χ1) is 8.42. The summed E-state index contributed by atoms with van der Waals surface area (Å²) in [6.07, 6.45) is 1.12. The van der Waals surface area contributed by atoms with E-state index in [-0.39, 0.29) is 23.9 Å². The second kappa shape index (κ2) is 8.02. The first-order valence-corrected chi connectivity index (χ1v) is 6.20. The van der Waals surface area contributed by atoms with E-state index in [1.54, 1.807) is 0 Å². The van der Waals surface area contributed by atoms with E-state index in [0.717, 1.165) is 0 Å². The molecule has 0 heterocycles. The zero-order valence-electron chi connectivity index (χ0n) is 11.7. The standard InChI is InChI=1S/C14H22N2O2.ClH/c1-14(2,3)18-12-8-5-4-7-11(12)16-13(17)9-6-10-15;/h4-5,7-8H,6,9-10,15H2,1-3H3,(H,16,17);1H. The number of rotatable bonds is 5. The van der Waals surface area contributed by atoms with Crippen LogP contribution in [0.4, 0.5) is 5.69 Å². The van der Waals surface area contributed by atoms with E-state index in [1.807, 2.05) is 45.0 Å². The molecular weight excluding hydrogens is 264 g/mol. The number of carbonyl (C=O) groups is 1. The highest BCUT2D eigenvalue weighted by Gasteiger charge is 2.15. The minimum Gasteiger partial charge on any atom is -0.486 e. The molecule has 0 saturated carbocycles. The Morgan fingerprint density at radius 3 is 2.53 bits per heavy atom. The fourth-order valence-electron chi connectivity index (χ4n) is 1.46. The van der Waals surface area contributed by atoms with Gasteiger partial charge in [-0.25, -0.2) is 0 Å². The number of anilines is 1. The molecular formula is C14H23ClN2O2. The molecule has 1 aromatic carbocycles. The Kier molecular flexibility index (Phi) is 7.49. The molecule has 0 saturated heterocycles. The molecule has 19 heavy (non-hydrogen) atoms. The Hall–Kier alpha value is -1.26. The summed E-state index contributed by atoms with van der Waals surface area (Å²) in [7, 11) is 0. The smallest absolute Gasteiger partial charge is 0.224 e. The van der Waals surface area contributed by atoms with E-state index in [2.05, 4.69) is 5.32 Å². The Morgan fingerprint density at radius 2 is 1.95 bits per heavy atom. The molecule has 108 valence electrons. The number of benzene rings is 1. The lowest BCUT2D eigenvalue weighted by atomic mass is 10.2. The lowest BCUT2D eigenvalue weighted by Gasteiger charge is -2.23. The fourth-order valence-corrected chi connectivity index (χ4v) is 1.46. The molecule has 3 N–H and O–H groups in total. The van der Waals surface area contributed by atoms with Crippen molar-refractivity contribution >= 4 is 24.0 Å². The topological polar surface area (TPSA) is 64.3 Å². The number of halogens is 1. The van der Waals surface area contributed by atoms with Crippen LogP contribution in [0.15, 0.2) is 24.3 Å². The van der Waals surface area contributed by atoms with E-state index in [9.17, 15) is 4.79 Å². The average Bonchev–Trinajstić information content (AvgIpc) is 2.27. The lowest BCUT2D eigenvalue weighted by molar-refractivity contribution is -0.116. The molecule has 0 aliphatic heterocycles. The maximum atomic E-state index is 11.7. The normalized spacial score (nSPS) is 10.5. The Bertz CT molecular complexity index is 403. The Labute approximate surface area is 121 Å². The molecule has 1 rings (SSSR count). The SMILES string of the molecule is CC(C)(C)Oc1ccccc1NC(=O)CCCN.Cl. The summed E-state index contributed by atoms with van der Waals surface area (Å²) in [6.45, 7) is 6.44. The van der Waals surface area contributed by atoms with Gasteiger partial charge < -0.3 is 15.8 Å². The number of hydrogen-bond donors (Lipinski definition) is 2. The Balaban J connectivity index is 0.00000324. The van der Waals surface area contributed by atoms with Gasteiger partial charge in [0.15, 0.2) is 0 Å². The molecule has 1 aromatic rings. The van der Waals surface area contributed by atoms with Crippen LogP contribution in [0.1, 0.15) is 33.6 Å². The molecule has 0 bridgehead atoms. The van der Waals surface area contributed by atoms with Crippen molar-refractivity contribution in [1.82, 2.24) is 0 Å².